The molecule has 0 aromatic heterocycles. The lowest BCUT2D eigenvalue weighted by Gasteiger charge is -2.30. The molecule has 0 atom stereocenters. The van der Waals surface area contributed by atoms with Gasteiger partial charge in [-0.1, -0.05) is 30.3 Å². The third kappa shape index (κ3) is 5.15. The Morgan fingerprint density at radius 3 is 2.37 bits per heavy atom. The van der Waals surface area contributed by atoms with Crippen molar-refractivity contribution in [3.63, 3.8) is 0 Å². The highest BCUT2D eigenvalue weighted by atomic mass is 16.4. The Morgan fingerprint density at radius 2 is 1.67 bits per heavy atom. The molecular weight excluding hydrogens is 344 g/mol. The molecule has 1 fully saturated rings. The summed E-state index contributed by atoms with van der Waals surface area (Å²) in [5, 5.41) is 21.6. The minimum atomic E-state index is -1.05. The van der Waals surface area contributed by atoms with Crippen LogP contribution in [0.15, 0.2) is 48.5 Å². The number of carboxylic acid groups (broad SMARTS) is 1. The summed E-state index contributed by atoms with van der Waals surface area (Å²) in [6, 6.07) is 14.0. The first-order valence-corrected chi connectivity index (χ1v) is 9.11. The van der Waals surface area contributed by atoms with Crippen molar-refractivity contribution in [2.24, 2.45) is 0 Å². The summed E-state index contributed by atoms with van der Waals surface area (Å²) in [4.78, 5) is 25.8. The van der Waals surface area contributed by atoms with Crippen LogP contribution in [0.5, 0.6) is 0 Å². The second-order valence-corrected chi connectivity index (χ2v) is 6.84. The van der Waals surface area contributed by atoms with Crippen molar-refractivity contribution in [2.75, 3.05) is 13.1 Å². The molecule has 0 aliphatic carbocycles. The molecule has 142 valence electrons. The third-order valence-electron chi connectivity index (χ3n) is 4.88. The molecule has 2 aromatic rings. The minimum absolute atomic E-state index is 0.0929. The zero-order valence-corrected chi connectivity index (χ0v) is 15.1. The van der Waals surface area contributed by atoms with Crippen molar-refractivity contribution in [3.8, 4) is 0 Å². The van der Waals surface area contributed by atoms with Crippen LogP contribution in [0, 0.1) is 0 Å². The fourth-order valence-corrected chi connectivity index (χ4v) is 3.27. The maximum atomic E-state index is 12.4. The number of nitrogens with one attached hydrogen (secondary N) is 1. The summed E-state index contributed by atoms with van der Waals surface area (Å²) in [6.45, 7) is 2.89. The number of aromatic carboxylic acids is 1. The number of amides is 1. The van der Waals surface area contributed by atoms with E-state index in [9.17, 15) is 14.7 Å². The molecule has 0 saturated carbocycles. The molecule has 1 amide bonds. The van der Waals surface area contributed by atoms with Crippen molar-refractivity contribution in [2.45, 2.75) is 32.0 Å². The Morgan fingerprint density at radius 1 is 1.00 bits per heavy atom. The van der Waals surface area contributed by atoms with Gasteiger partial charge in [0.1, 0.15) is 0 Å². The van der Waals surface area contributed by atoms with Gasteiger partial charge in [-0.15, -0.1) is 0 Å². The number of nitrogens with zero attached hydrogens (tertiary/aromatic N) is 1. The molecule has 3 rings (SSSR count). The number of benzene rings is 2. The van der Waals surface area contributed by atoms with Gasteiger partial charge in [0.15, 0.2) is 0 Å². The lowest BCUT2D eigenvalue weighted by atomic mass is 10.0. The molecule has 6 heteroatoms. The van der Waals surface area contributed by atoms with Gasteiger partial charge >= 0.3 is 5.97 Å². The molecule has 0 unspecified atom stereocenters. The van der Waals surface area contributed by atoms with Gasteiger partial charge in [-0.05, 0) is 42.2 Å². The minimum Gasteiger partial charge on any atom is -0.478 e. The lowest BCUT2D eigenvalue weighted by Crippen LogP contribution is -2.35. The normalized spacial score (nSPS) is 15.4. The Labute approximate surface area is 158 Å². The van der Waals surface area contributed by atoms with Crippen LogP contribution in [0.4, 0.5) is 0 Å². The number of hydrogen-bond donors (Lipinski definition) is 3. The maximum Gasteiger partial charge on any atom is 0.335 e. The van der Waals surface area contributed by atoms with Crippen LogP contribution in [0.1, 0.15) is 44.7 Å². The van der Waals surface area contributed by atoms with Gasteiger partial charge in [-0.2, -0.15) is 0 Å². The van der Waals surface area contributed by atoms with E-state index in [4.69, 9.17) is 5.11 Å². The molecule has 1 heterocycles. The first kappa shape index (κ1) is 19.1. The smallest absolute Gasteiger partial charge is 0.335 e. The summed E-state index contributed by atoms with van der Waals surface area (Å²) >= 11 is 0. The van der Waals surface area contributed by atoms with E-state index in [2.05, 4.69) is 16.3 Å². The highest BCUT2D eigenvalue weighted by Crippen LogP contribution is 2.17. The fraction of sp³-hybridized carbons (Fsp3) is 0.333. The second kappa shape index (κ2) is 8.79. The average Bonchev–Trinajstić information content (AvgIpc) is 2.69. The molecule has 6 nitrogen and oxygen atoms in total. The molecule has 1 aliphatic rings. The van der Waals surface area contributed by atoms with E-state index in [0.717, 1.165) is 43.6 Å². The Kier molecular flexibility index (Phi) is 6.21. The first-order valence-electron chi connectivity index (χ1n) is 9.11. The van der Waals surface area contributed by atoms with E-state index >= 15 is 0 Å². The van der Waals surface area contributed by atoms with Gasteiger partial charge in [-0.3, -0.25) is 9.69 Å². The zero-order valence-electron chi connectivity index (χ0n) is 15.1. The van der Waals surface area contributed by atoms with Crippen LogP contribution >= 0.6 is 0 Å². The molecule has 1 saturated heterocycles. The summed E-state index contributed by atoms with van der Waals surface area (Å²) in [7, 11) is 0. The monoisotopic (exact) mass is 368 g/mol. The Hall–Kier alpha value is -2.70. The molecule has 1 aliphatic heterocycles. The number of likely N-dealkylation sites (tertiary alicyclic amines) is 1. The van der Waals surface area contributed by atoms with Crippen molar-refractivity contribution in [1.82, 2.24) is 10.2 Å². The molecule has 3 N–H and O–H groups in total. The summed E-state index contributed by atoms with van der Waals surface area (Å²) in [5.74, 6) is -1.35. The van der Waals surface area contributed by atoms with E-state index in [0.29, 0.717) is 12.1 Å². The zero-order chi connectivity index (χ0) is 19.2. The quantitative estimate of drug-likeness (QED) is 0.728. The molecule has 0 bridgehead atoms. The summed E-state index contributed by atoms with van der Waals surface area (Å²) in [6.07, 6.45) is 1.38. The van der Waals surface area contributed by atoms with Crippen LogP contribution in [-0.4, -0.2) is 46.2 Å². The predicted octanol–water partition coefficient (Wildman–Crippen LogP) is 2.27. The number of hydrogen-bond acceptors (Lipinski definition) is 4. The highest BCUT2D eigenvalue weighted by Gasteiger charge is 2.18. The van der Waals surface area contributed by atoms with Gasteiger partial charge in [0.05, 0.1) is 11.7 Å². The third-order valence-corrected chi connectivity index (χ3v) is 4.88. The van der Waals surface area contributed by atoms with Gasteiger partial charge in [0.25, 0.3) is 5.91 Å². The van der Waals surface area contributed by atoms with Gasteiger partial charge in [-0.25, -0.2) is 4.79 Å². The van der Waals surface area contributed by atoms with Crippen LogP contribution in [0.3, 0.4) is 0 Å². The first-order chi connectivity index (χ1) is 13.0. The van der Waals surface area contributed by atoms with Crippen LogP contribution < -0.4 is 5.32 Å². The largest absolute Gasteiger partial charge is 0.478 e. The predicted molar refractivity (Wildman–Crippen MR) is 102 cm³/mol. The van der Waals surface area contributed by atoms with Gasteiger partial charge in [0, 0.05) is 31.7 Å². The van der Waals surface area contributed by atoms with Crippen molar-refractivity contribution >= 4 is 11.9 Å². The Balaban J connectivity index is 1.63. The van der Waals surface area contributed by atoms with Gasteiger partial charge < -0.3 is 15.5 Å². The SMILES string of the molecule is O=C(O)c1cccc(C(=O)NCc2ccccc2CN2CCC(O)CC2)c1. The number of carbonyl (C=O) groups excluding carboxylic acids is 1. The van der Waals surface area contributed by atoms with E-state index in [1.165, 1.54) is 12.1 Å². The van der Waals surface area contributed by atoms with E-state index < -0.39 is 5.97 Å². The summed E-state index contributed by atoms with van der Waals surface area (Å²) < 4.78 is 0. The molecule has 2 aromatic carbocycles. The van der Waals surface area contributed by atoms with Crippen LogP contribution in [0.2, 0.25) is 0 Å². The van der Waals surface area contributed by atoms with Crippen LogP contribution in [-0.2, 0) is 13.1 Å². The number of carbonyl (C=O) groups is 2. The Bertz CT molecular complexity index is 813. The molecule has 0 spiro atoms. The van der Waals surface area contributed by atoms with E-state index in [1.54, 1.807) is 12.1 Å². The topological polar surface area (TPSA) is 89.9 Å². The molecule has 0 radical (unpaired) electrons. The van der Waals surface area contributed by atoms with Crippen molar-refractivity contribution in [1.29, 1.82) is 0 Å². The van der Waals surface area contributed by atoms with Gasteiger partial charge in [0.2, 0.25) is 0 Å². The van der Waals surface area contributed by atoms with Crippen molar-refractivity contribution in [3.05, 3.63) is 70.8 Å². The number of aliphatic hydroxyl groups excluding tert-OH is 1. The summed E-state index contributed by atoms with van der Waals surface area (Å²) in [5.41, 5.74) is 2.60. The number of piperidine rings is 1. The second-order valence-electron chi connectivity index (χ2n) is 6.84. The van der Waals surface area contributed by atoms with Crippen molar-refractivity contribution < 1.29 is 19.8 Å². The molecule has 27 heavy (non-hydrogen) atoms. The number of aliphatic hydroxyl groups is 1. The van der Waals surface area contributed by atoms with E-state index in [1.807, 2.05) is 18.2 Å². The number of carboxylic acids is 1. The fourth-order valence-electron chi connectivity index (χ4n) is 3.27. The standard InChI is InChI=1S/C21H24N2O4/c24-19-8-10-23(11-9-19)14-18-5-2-1-4-17(18)13-22-20(25)15-6-3-7-16(12-15)21(26)27/h1-7,12,19,24H,8-11,13-14H2,(H,22,25)(H,26,27). The lowest BCUT2D eigenvalue weighted by molar-refractivity contribution is 0.0696. The van der Waals surface area contributed by atoms with E-state index in [-0.39, 0.29) is 17.6 Å². The van der Waals surface area contributed by atoms with Crippen LogP contribution in [0.25, 0.3) is 0 Å². The molecular formula is C21H24N2O4. The highest BCUT2D eigenvalue weighted by molar-refractivity contribution is 5.97. The maximum absolute atomic E-state index is 12.4. The number of rotatable bonds is 6. The average molecular weight is 368 g/mol.